The van der Waals surface area contributed by atoms with Gasteiger partial charge in [-0.25, -0.2) is 0 Å². The molecule has 1 fully saturated rings. The molecule has 3 atom stereocenters. The average Bonchev–Trinajstić information content (AvgIpc) is 3.19. The molecule has 1 saturated carbocycles. The second kappa shape index (κ2) is 6.09. The fraction of sp³-hybridized carbons (Fsp3) is 0.524. The highest BCUT2D eigenvalue weighted by atomic mass is 28.3. The molecule has 1 aromatic carbocycles. The zero-order valence-electron chi connectivity index (χ0n) is 14.2. The summed E-state index contributed by atoms with van der Waals surface area (Å²) in [5, 5.41) is 0. The lowest BCUT2D eigenvalue weighted by Crippen LogP contribution is -2.43. The highest BCUT2D eigenvalue weighted by Crippen LogP contribution is 2.59. The molecular weight excluding hydrogens is 280 g/mol. The maximum atomic E-state index is 3.86. The molecule has 116 valence electrons. The fourth-order valence-electron chi connectivity index (χ4n) is 4.74. The first-order chi connectivity index (χ1) is 10.6. The van der Waals surface area contributed by atoms with E-state index in [0.717, 1.165) is 11.5 Å². The van der Waals surface area contributed by atoms with E-state index in [1.165, 1.54) is 36.9 Å². The van der Waals surface area contributed by atoms with E-state index >= 15 is 0 Å². The Bertz CT molecular complexity index is 600. The van der Waals surface area contributed by atoms with Crippen molar-refractivity contribution in [2.24, 2.45) is 11.3 Å². The predicted molar refractivity (Wildman–Crippen MR) is 98.4 cm³/mol. The number of hydrogen-bond donors (Lipinski definition) is 0. The van der Waals surface area contributed by atoms with Crippen molar-refractivity contribution in [2.75, 3.05) is 0 Å². The standard InChI is InChI=1S/C21H28Si/c1-4-22(5-2,16-13-19-9-7-6-8-10-19)18(3)21-14-11-20(17-21)12-15-21/h6-11,14,18,20H,4-5,12,15,17H2,1-3H3. The first kappa shape index (κ1) is 15.6. The minimum absolute atomic E-state index is 0.480. The van der Waals surface area contributed by atoms with Crippen molar-refractivity contribution >= 4 is 8.07 Å². The summed E-state index contributed by atoms with van der Waals surface area (Å²) in [6.07, 6.45) is 9.27. The van der Waals surface area contributed by atoms with E-state index < -0.39 is 8.07 Å². The van der Waals surface area contributed by atoms with Crippen molar-refractivity contribution in [3.63, 3.8) is 0 Å². The molecule has 0 amide bonds. The SMILES string of the molecule is CC[Si](C#Cc1ccccc1)(CC)C(C)C12C=CC(CC1)C2. The Kier molecular flexibility index (Phi) is 4.32. The van der Waals surface area contributed by atoms with Crippen molar-refractivity contribution in [1.29, 1.82) is 0 Å². The summed E-state index contributed by atoms with van der Waals surface area (Å²) in [6.45, 7) is 7.29. The quantitative estimate of drug-likeness (QED) is 0.374. The lowest BCUT2D eigenvalue weighted by Gasteiger charge is -2.41. The van der Waals surface area contributed by atoms with Crippen LogP contribution in [0.2, 0.25) is 17.6 Å². The second-order valence-electron chi connectivity index (χ2n) is 7.30. The topological polar surface area (TPSA) is 0 Å². The number of allylic oxidation sites excluding steroid dienone is 2. The summed E-state index contributed by atoms with van der Waals surface area (Å²) in [5.41, 5.74) is 6.29. The molecule has 2 aliphatic rings. The molecular formula is C21H28Si. The van der Waals surface area contributed by atoms with Gasteiger partial charge >= 0.3 is 0 Å². The molecule has 1 aromatic rings. The van der Waals surface area contributed by atoms with Crippen molar-refractivity contribution in [3.05, 3.63) is 48.0 Å². The van der Waals surface area contributed by atoms with E-state index in [1.807, 2.05) is 0 Å². The molecule has 0 aliphatic heterocycles. The van der Waals surface area contributed by atoms with Crippen LogP contribution in [-0.2, 0) is 0 Å². The Labute approximate surface area is 137 Å². The van der Waals surface area contributed by atoms with Gasteiger partial charge in [0.2, 0.25) is 0 Å². The van der Waals surface area contributed by atoms with Crippen LogP contribution in [0.5, 0.6) is 0 Å². The number of hydrogen-bond acceptors (Lipinski definition) is 0. The first-order valence-electron chi connectivity index (χ1n) is 8.92. The van der Waals surface area contributed by atoms with E-state index in [4.69, 9.17) is 0 Å². The van der Waals surface area contributed by atoms with Crippen molar-refractivity contribution < 1.29 is 0 Å². The Balaban J connectivity index is 1.92. The molecule has 0 spiro atoms. The van der Waals surface area contributed by atoms with Crippen LogP contribution in [0.3, 0.4) is 0 Å². The fourth-order valence-corrected chi connectivity index (χ4v) is 8.89. The number of rotatable bonds is 4. The third-order valence-corrected chi connectivity index (χ3v) is 11.9. The summed E-state index contributed by atoms with van der Waals surface area (Å²) in [5.74, 6) is 4.40. The van der Waals surface area contributed by atoms with Gasteiger partial charge in [0.15, 0.2) is 0 Å². The number of benzene rings is 1. The monoisotopic (exact) mass is 308 g/mol. The normalized spacial score (nSPS) is 27.5. The third-order valence-electron chi connectivity index (χ3n) is 6.51. The van der Waals surface area contributed by atoms with Crippen LogP contribution in [0.4, 0.5) is 0 Å². The van der Waals surface area contributed by atoms with E-state index in [-0.39, 0.29) is 0 Å². The van der Waals surface area contributed by atoms with Crippen molar-refractivity contribution in [2.45, 2.75) is 57.7 Å². The predicted octanol–water partition coefficient (Wildman–Crippen LogP) is 5.81. The van der Waals surface area contributed by atoms with Gasteiger partial charge in [0.1, 0.15) is 8.07 Å². The minimum Gasteiger partial charge on any atom is -0.126 e. The van der Waals surface area contributed by atoms with E-state index in [1.54, 1.807) is 0 Å². The van der Waals surface area contributed by atoms with Gasteiger partial charge in [0, 0.05) is 5.56 Å². The van der Waals surface area contributed by atoms with Gasteiger partial charge in [0.25, 0.3) is 0 Å². The van der Waals surface area contributed by atoms with Crippen LogP contribution in [0, 0.1) is 22.8 Å². The molecule has 0 heterocycles. The third kappa shape index (κ3) is 2.59. The zero-order valence-corrected chi connectivity index (χ0v) is 15.2. The van der Waals surface area contributed by atoms with Crippen LogP contribution < -0.4 is 0 Å². The Hall–Kier alpha value is -1.26. The Morgan fingerprint density at radius 3 is 2.45 bits per heavy atom. The maximum absolute atomic E-state index is 3.86. The summed E-state index contributed by atoms with van der Waals surface area (Å²) in [4.78, 5) is 0. The summed E-state index contributed by atoms with van der Waals surface area (Å²) < 4.78 is 0. The summed E-state index contributed by atoms with van der Waals surface area (Å²) >= 11 is 0. The molecule has 22 heavy (non-hydrogen) atoms. The van der Waals surface area contributed by atoms with Crippen LogP contribution in [0.25, 0.3) is 0 Å². The van der Waals surface area contributed by atoms with Crippen LogP contribution in [0.1, 0.15) is 45.6 Å². The van der Waals surface area contributed by atoms with Crippen LogP contribution in [-0.4, -0.2) is 8.07 Å². The average molecular weight is 309 g/mol. The first-order valence-corrected chi connectivity index (χ1v) is 11.4. The van der Waals surface area contributed by atoms with E-state index in [9.17, 15) is 0 Å². The van der Waals surface area contributed by atoms with Crippen molar-refractivity contribution in [3.8, 4) is 11.5 Å². The minimum atomic E-state index is -1.57. The molecule has 0 N–H and O–H groups in total. The molecule has 2 aliphatic carbocycles. The van der Waals surface area contributed by atoms with Crippen molar-refractivity contribution in [1.82, 2.24) is 0 Å². The lowest BCUT2D eigenvalue weighted by atomic mass is 9.84. The van der Waals surface area contributed by atoms with Gasteiger partial charge in [-0.2, -0.15) is 0 Å². The molecule has 1 heteroatoms. The van der Waals surface area contributed by atoms with Crippen LogP contribution in [0.15, 0.2) is 42.5 Å². The molecule has 0 aromatic heterocycles. The largest absolute Gasteiger partial charge is 0.142 e. The highest BCUT2D eigenvalue weighted by molar-refractivity contribution is 6.88. The van der Waals surface area contributed by atoms with Gasteiger partial charge in [0.05, 0.1) is 0 Å². The molecule has 3 unspecified atom stereocenters. The molecule has 0 radical (unpaired) electrons. The Morgan fingerprint density at radius 2 is 1.95 bits per heavy atom. The van der Waals surface area contributed by atoms with Gasteiger partial charge in [-0.1, -0.05) is 57.0 Å². The molecule has 0 nitrogen and oxygen atoms in total. The van der Waals surface area contributed by atoms with Gasteiger partial charge in [-0.05, 0) is 60.4 Å². The summed E-state index contributed by atoms with van der Waals surface area (Å²) in [7, 11) is -1.57. The second-order valence-corrected chi connectivity index (χ2v) is 12.1. The molecule has 3 rings (SSSR count). The number of fused-ring (bicyclic) bond motifs is 2. The van der Waals surface area contributed by atoms with Gasteiger partial charge in [-0.15, -0.1) is 5.54 Å². The van der Waals surface area contributed by atoms with E-state index in [0.29, 0.717) is 5.41 Å². The lowest BCUT2D eigenvalue weighted by molar-refractivity contribution is 0.378. The molecule has 2 bridgehead atoms. The van der Waals surface area contributed by atoms with E-state index in [2.05, 4.69) is 74.7 Å². The highest BCUT2D eigenvalue weighted by Gasteiger charge is 2.51. The smallest absolute Gasteiger partial charge is 0.126 e. The maximum Gasteiger partial charge on any atom is 0.142 e. The Morgan fingerprint density at radius 1 is 1.23 bits per heavy atom. The summed E-state index contributed by atoms with van der Waals surface area (Å²) in [6, 6.07) is 13.1. The van der Waals surface area contributed by atoms with Gasteiger partial charge in [-0.3, -0.25) is 0 Å². The molecule has 0 saturated heterocycles. The van der Waals surface area contributed by atoms with Crippen LogP contribution >= 0.6 is 0 Å². The van der Waals surface area contributed by atoms with Gasteiger partial charge < -0.3 is 0 Å². The zero-order chi connectivity index (χ0) is 15.6.